The van der Waals surface area contributed by atoms with Crippen molar-refractivity contribution in [3.63, 3.8) is 0 Å². The van der Waals surface area contributed by atoms with Crippen molar-refractivity contribution in [1.82, 2.24) is 4.90 Å². The van der Waals surface area contributed by atoms with Crippen LogP contribution in [0.1, 0.15) is 20.3 Å². The van der Waals surface area contributed by atoms with Crippen LogP contribution in [0.5, 0.6) is 0 Å². The van der Waals surface area contributed by atoms with Gasteiger partial charge in [0.15, 0.2) is 11.6 Å². The third-order valence-electron chi connectivity index (χ3n) is 2.97. The third kappa shape index (κ3) is 3.84. The molecule has 3 N–H and O–H groups in total. The fourth-order valence-corrected chi connectivity index (χ4v) is 1.80. The van der Waals surface area contributed by atoms with Gasteiger partial charge in [-0.2, -0.15) is 0 Å². The quantitative estimate of drug-likeness (QED) is 0.583. The molecule has 0 saturated carbocycles. The minimum Gasteiger partial charge on any atom is -0.397 e. The van der Waals surface area contributed by atoms with Gasteiger partial charge >= 0.3 is 0 Å². The lowest BCUT2D eigenvalue weighted by Crippen LogP contribution is -2.25. The van der Waals surface area contributed by atoms with E-state index in [9.17, 15) is 8.78 Å². The van der Waals surface area contributed by atoms with Crippen molar-refractivity contribution < 1.29 is 8.78 Å². The summed E-state index contributed by atoms with van der Waals surface area (Å²) in [5, 5.41) is 2.86. The molecule has 1 aromatic rings. The fourth-order valence-electron chi connectivity index (χ4n) is 1.80. The van der Waals surface area contributed by atoms with Crippen LogP contribution in [0.3, 0.4) is 0 Å². The zero-order chi connectivity index (χ0) is 13.5. The van der Waals surface area contributed by atoms with E-state index in [1.165, 1.54) is 6.07 Å². The predicted molar refractivity (Wildman–Crippen MR) is 71.7 cm³/mol. The molecule has 1 rings (SSSR count). The second kappa shape index (κ2) is 7.16. The molecule has 0 amide bonds. The number of hydrogen-bond acceptors (Lipinski definition) is 3. The van der Waals surface area contributed by atoms with Gasteiger partial charge in [0.1, 0.15) is 0 Å². The van der Waals surface area contributed by atoms with Crippen LogP contribution in [-0.2, 0) is 0 Å². The van der Waals surface area contributed by atoms with Crippen LogP contribution in [0.25, 0.3) is 0 Å². The molecule has 0 heterocycles. The summed E-state index contributed by atoms with van der Waals surface area (Å²) in [6.45, 7) is 7.68. The molecule has 3 nitrogen and oxygen atoms in total. The first-order valence-corrected chi connectivity index (χ1v) is 6.29. The van der Waals surface area contributed by atoms with Gasteiger partial charge in [-0.25, -0.2) is 8.78 Å². The summed E-state index contributed by atoms with van der Waals surface area (Å²) in [5.74, 6) is -1.78. The summed E-state index contributed by atoms with van der Waals surface area (Å²) in [6, 6.07) is 2.40. The minimum atomic E-state index is -0.905. The first kappa shape index (κ1) is 14.7. The lowest BCUT2D eigenvalue weighted by atomic mass is 10.2. The monoisotopic (exact) mass is 257 g/mol. The molecular formula is C13H21F2N3. The smallest absolute Gasteiger partial charge is 0.183 e. The van der Waals surface area contributed by atoms with Crippen LogP contribution < -0.4 is 11.1 Å². The number of anilines is 2. The molecule has 0 spiro atoms. The number of halogens is 2. The van der Waals surface area contributed by atoms with Crippen molar-refractivity contribution >= 4 is 11.4 Å². The van der Waals surface area contributed by atoms with E-state index in [0.717, 1.165) is 32.1 Å². The van der Waals surface area contributed by atoms with Gasteiger partial charge in [-0.15, -0.1) is 0 Å². The number of nitrogens with one attached hydrogen (secondary N) is 1. The van der Waals surface area contributed by atoms with Crippen molar-refractivity contribution in [2.45, 2.75) is 20.3 Å². The first-order chi connectivity index (χ1) is 8.60. The highest BCUT2D eigenvalue weighted by molar-refractivity contribution is 5.66. The van der Waals surface area contributed by atoms with Gasteiger partial charge in [0.05, 0.1) is 11.4 Å². The van der Waals surface area contributed by atoms with Gasteiger partial charge in [-0.1, -0.05) is 13.8 Å². The number of nitrogens with two attached hydrogens (primary N) is 1. The highest BCUT2D eigenvalue weighted by atomic mass is 19.2. The summed E-state index contributed by atoms with van der Waals surface area (Å²) >= 11 is 0. The van der Waals surface area contributed by atoms with E-state index in [0.29, 0.717) is 6.54 Å². The van der Waals surface area contributed by atoms with E-state index in [4.69, 9.17) is 5.73 Å². The third-order valence-corrected chi connectivity index (χ3v) is 2.97. The van der Waals surface area contributed by atoms with Gasteiger partial charge < -0.3 is 16.0 Å². The van der Waals surface area contributed by atoms with Crippen molar-refractivity contribution in [1.29, 1.82) is 0 Å². The van der Waals surface area contributed by atoms with E-state index in [1.54, 1.807) is 0 Å². The lowest BCUT2D eigenvalue weighted by Gasteiger charge is -2.18. The number of hydrogen-bond donors (Lipinski definition) is 2. The van der Waals surface area contributed by atoms with Gasteiger partial charge in [-0.3, -0.25) is 0 Å². The van der Waals surface area contributed by atoms with Crippen molar-refractivity contribution in [3.05, 3.63) is 23.8 Å². The Hall–Kier alpha value is -1.36. The number of nitrogen functional groups attached to an aromatic ring is 1. The standard InChI is InChI=1S/C13H21F2N3/c1-3-18(4-2)9-5-8-17-13-11(16)7-6-10(14)12(13)15/h6-7,17H,3-5,8-9,16H2,1-2H3. The molecule has 0 radical (unpaired) electrons. The van der Waals surface area contributed by atoms with Gasteiger partial charge in [-0.05, 0) is 38.2 Å². The van der Waals surface area contributed by atoms with Gasteiger partial charge in [0.25, 0.3) is 0 Å². The van der Waals surface area contributed by atoms with E-state index >= 15 is 0 Å². The van der Waals surface area contributed by atoms with Crippen molar-refractivity contribution in [2.24, 2.45) is 0 Å². The molecule has 1 aromatic carbocycles. The van der Waals surface area contributed by atoms with E-state index in [1.807, 2.05) is 0 Å². The molecule has 18 heavy (non-hydrogen) atoms. The summed E-state index contributed by atoms with van der Waals surface area (Å²) in [4.78, 5) is 2.27. The average molecular weight is 257 g/mol. The Morgan fingerprint density at radius 1 is 1.22 bits per heavy atom. The van der Waals surface area contributed by atoms with E-state index in [2.05, 4.69) is 24.1 Å². The number of nitrogens with zero attached hydrogens (tertiary/aromatic N) is 1. The van der Waals surface area contributed by atoms with E-state index in [-0.39, 0.29) is 11.4 Å². The zero-order valence-electron chi connectivity index (χ0n) is 11.0. The number of benzene rings is 1. The number of rotatable bonds is 7. The van der Waals surface area contributed by atoms with Crippen LogP contribution in [-0.4, -0.2) is 31.1 Å². The first-order valence-electron chi connectivity index (χ1n) is 6.29. The van der Waals surface area contributed by atoms with Crippen LogP contribution in [0.2, 0.25) is 0 Å². The second-order valence-corrected chi connectivity index (χ2v) is 4.13. The Kier molecular flexibility index (Phi) is 5.85. The van der Waals surface area contributed by atoms with Crippen LogP contribution >= 0.6 is 0 Å². The maximum atomic E-state index is 13.5. The Balaban J connectivity index is 2.47. The van der Waals surface area contributed by atoms with E-state index < -0.39 is 11.6 Å². The van der Waals surface area contributed by atoms with Gasteiger partial charge in [0, 0.05) is 6.54 Å². The molecule has 0 saturated heterocycles. The van der Waals surface area contributed by atoms with Crippen LogP contribution in [0, 0.1) is 11.6 Å². The lowest BCUT2D eigenvalue weighted by molar-refractivity contribution is 0.303. The molecule has 0 atom stereocenters. The summed E-state index contributed by atoms with van der Waals surface area (Å²) in [6.07, 6.45) is 0.858. The second-order valence-electron chi connectivity index (χ2n) is 4.13. The molecule has 5 heteroatoms. The Morgan fingerprint density at radius 3 is 2.50 bits per heavy atom. The Bertz CT molecular complexity index is 379. The molecule has 0 aliphatic rings. The predicted octanol–water partition coefficient (Wildman–Crippen LogP) is 2.69. The summed E-state index contributed by atoms with van der Waals surface area (Å²) in [5.41, 5.74) is 5.90. The van der Waals surface area contributed by atoms with Crippen molar-refractivity contribution in [2.75, 3.05) is 37.2 Å². The van der Waals surface area contributed by atoms with Gasteiger partial charge in [0.2, 0.25) is 0 Å². The molecule has 0 aliphatic carbocycles. The van der Waals surface area contributed by atoms with Crippen molar-refractivity contribution in [3.8, 4) is 0 Å². The van der Waals surface area contributed by atoms with Crippen LogP contribution in [0.15, 0.2) is 12.1 Å². The fraction of sp³-hybridized carbons (Fsp3) is 0.538. The molecule has 0 unspecified atom stereocenters. The topological polar surface area (TPSA) is 41.3 Å². The normalized spacial score (nSPS) is 10.9. The molecule has 0 aromatic heterocycles. The Morgan fingerprint density at radius 2 is 1.89 bits per heavy atom. The average Bonchev–Trinajstić information content (AvgIpc) is 2.38. The van der Waals surface area contributed by atoms with Crippen LogP contribution in [0.4, 0.5) is 20.2 Å². The molecule has 0 fully saturated rings. The highest BCUT2D eigenvalue weighted by Crippen LogP contribution is 2.24. The largest absolute Gasteiger partial charge is 0.397 e. The highest BCUT2D eigenvalue weighted by Gasteiger charge is 2.11. The molecule has 0 bridgehead atoms. The maximum Gasteiger partial charge on any atom is 0.183 e. The molecule has 0 aliphatic heterocycles. The summed E-state index contributed by atoms with van der Waals surface area (Å²) in [7, 11) is 0. The SMILES string of the molecule is CCN(CC)CCCNc1c(N)ccc(F)c1F. The molecular weight excluding hydrogens is 236 g/mol. The zero-order valence-corrected chi connectivity index (χ0v) is 11.0. The Labute approximate surface area is 107 Å². The maximum absolute atomic E-state index is 13.5. The molecule has 102 valence electrons. The minimum absolute atomic E-state index is 0.0644. The summed E-state index contributed by atoms with van der Waals surface area (Å²) < 4.78 is 26.5.